The predicted octanol–water partition coefficient (Wildman–Crippen LogP) is 2.12. The molecule has 0 aliphatic carbocycles. The Morgan fingerprint density at radius 1 is 1.39 bits per heavy atom. The summed E-state index contributed by atoms with van der Waals surface area (Å²) in [6.45, 7) is 5.38. The lowest BCUT2D eigenvalue weighted by atomic mass is 9.76. The van der Waals surface area contributed by atoms with E-state index in [1.807, 2.05) is 32.0 Å². The summed E-state index contributed by atoms with van der Waals surface area (Å²) in [6, 6.07) is 5.87. The summed E-state index contributed by atoms with van der Waals surface area (Å²) in [5.41, 5.74) is 1.32. The van der Waals surface area contributed by atoms with Crippen molar-refractivity contribution in [2.24, 2.45) is 11.3 Å². The minimum atomic E-state index is -0.804. The Morgan fingerprint density at radius 2 is 2.17 bits per heavy atom. The van der Waals surface area contributed by atoms with Crippen molar-refractivity contribution in [1.29, 1.82) is 0 Å². The van der Waals surface area contributed by atoms with E-state index in [4.69, 9.17) is 4.74 Å². The average Bonchev–Trinajstić information content (AvgIpc) is 3.14. The van der Waals surface area contributed by atoms with Crippen LogP contribution in [0.2, 0.25) is 0 Å². The molecule has 1 fully saturated rings. The SMILES string of the molecule is CC(C)C1(C(=O)O)CCN(C(=O)Cc2ccc3c(c2)CCO3)C1. The second-order valence-corrected chi connectivity index (χ2v) is 6.90. The summed E-state index contributed by atoms with van der Waals surface area (Å²) in [5, 5.41) is 9.58. The number of nitrogens with zero attached hydrogens (tertiary/aromatic N) is 1. The number of fused-ring (bicyclic) bond motifs is 1. The van der Waals surface area contributed by atoms with Crippen LogP contribution in [-0.4, -0.2) is 41.6 Å². The lowest BCUT2D eigenvalue weighted by Crippen LogP contribution is -2.41. The molecule has 0 saturated carbocycles. The molecule has 124 valence electrons. The number of benzene rings is 1. The van der Waals surface area contributed by atoms with E-state index < -0.39 is 11.4 Å². The molecule has 23 heavy (non-hydrogen) atoms. The van der Waals surface area contributed by atoms with E-state index in [1.165, 1.54) is 0 Å². The zero-order valence-electron chi connectivity index (χ0n) is 13.7. The zero-order valence-corrected chi connectivity index (χ0v) is 13.7. The van der Waals surface area contributed by atoms with Crippen molar-refractivity contribution in [3.05, 3.63) is 29.3 Å². The van der Waals surface area contributed by atoms with Crippen molar-refractivity contribution in [1.82, 2.24) is 4.90 Å². The Morgan fingerprint density at radius 3 is 2.83 bits per heavy atom. The van der Waals surface area contributed by atoms with Gasteiger partial charge in [-0.1, -0.05) is 26.0 Å². The molecule has 2 aliphatic heterocycles. The van der Waals surface area contributed by atoms with E-state index in [1.54, 1.807) is 4.90 Å². The Hall–Kier alpha value is -2.04. The number of carboxylic acid groups (broad SMARTS) is 1. The van der Waals surface area contributed by atoms with Crippen LogP contribution in [-0.2, 0) is 22.4 Å². The van der Waals surface area contributed by atoms with Crippen LogP contribution in [0.4, 0.5) is 0 Å². The molecule has 2 aliphatic rings. The van der Waals surface area contributed by atoms with Crippen molar-refractivity contribution < 1.29 is 19.4 Å². The zero-order chi connectivity index (χ0) is 16.6. The maximum Gasteiger partial charge on any atom is 0.311 e. The standard InChI is InChI=1S/C18H23NO4/c1-12(2)18(17(21)22)6-7-19(11-18)16(20)10-13-3-4-15-14(9-13)5-8-23-15/h3-4,9,12H,5-8,10-11H2,1-2H3,(H,21,22). The maximum absolute atomic E-state index is 12.5. The number of carbonyl (C=O) groups excluding carboxylic acids is 1. The van der Waals surface area contributed by atoms with Gasteiger partial charge in [-0.3, -0.25) is 9.59 Å². The molecule has 1 aromatic carbocycles. The van der Waals surface area contributed by atoms with Crippen LogP contribution in [0.3, 0.4) is 0 Å². The van der Waals surface area contributed by atoms with E-state index in [0.717, 1.165) is 23.3 Å². The molecular weight excluding hydrogens is 294 g/mol. The molecule has 1 aromatic rings. The number of ether oxygens (including phenoxy) is 1. The molecule has 1 saturated heterocycles. The van der Waals surface area contributed by atoms with Gasteiger partial charge in [0.1, 0.15) is 5.75 Å². The normalized spacial score (nSPS) is 23.0. The molecule has 5 nitrogen and oxygen atoms in total. The van der Waals surface area contributed by atoms with E-state index in [9.17, 15) is 14.7 Å². The number of carboxylic acids is 1. The molecule has 0 bridgehead atoms. The fourth-order valence-corrected chi connectivity index (χ4v) is 3.58. The van der Waals surface area contributed by atoms with Gasteiger partial charge in [0.15, 0.2) is 0 Å². The molecule has 1 amide bonds. The third-order valence-electron chi connectivity index (χ3n) is 5.29. The molecule has 5 heteroatoms. The second-order valence-electron chi connectivity index (χ2n) is 6.90. The van der Waals surface area contributed by atoms with Crippen molar-refractivity contribution in [2.75, 3.05) is 19.7 Å². The Labute approximate surface area is 136 Å². The summed E-state index contributed by atoms with van der Waals surface area (Å²) in [5.74, 6) is 0.132. The van der Waals surface area contributed by atoms with Crippen molar-refractivity contribution in [3.8, 4) is 5.75 Å². The lowest BCUT2D eigenvalue weighted by Gasteiger charge is -2.28. The van der Waals surface area contributed by atoms with Gasteiger partial charge in [0.05, 0.1) is 18.4 Å². The predicted molar refractivity (Wildman–Crippen MR) is 85.4 cm³/mol. The first kappa shape index (κ1) is 15.8. The maximum atomic E-state index is 12.5. The fraction of sp³-hybridized carbons (Fsp3) is 0.556. The van der Waals surface area contributed by atoms with Gasteiger partial charge < -0.3 is 14.7 Å². The molecule has 2 heterocycles. The smallest absolute Gasteiger partial charge is 0.311 e. The molecule has 1 unspecified atom stereocenters. The lowest BCUT2D eigenvalue weighted by molar-refractivity contribution is -0.151. The first-order chi connectivity index (χ1) is 10.9. The van der Waals surface area contributed by atoms with E-state index >= 15 is 0 Å². The van der Waals surface area contributed by atoms with Crippen molar-refractivity contribution in [2.45, 2.75) is 33.1 Å². The van der Waals surface area contributed by atoms with Gasteiger partial charge >= 0.3 is 5.97 Å². The summed E-state index contributed by atoms with van der Waals surface area (Å²) in [6.07, 6.45) is 1.74. The molecule has 0 aromatic heterocycles. The molecule has 1 N–H and O–H groups in total. The summed E-state index contributed by atoms with van der Waals surface area (Å²) in [7, 11) is 0. The first-order valence-corrected chi connectivity index (χ1v) is 8.18. The Bertz CT molecular complexity index is 640. The van der Waals surface area contributed by atoms with Crippen LogP contribution in [0.1, 0.15) is 31.4 Å². The third-order valence-corrected chi connectivity index (χ3v) is 5.29. The number of rotatable bonds is 4. The van der Waals surface area contributed by atoms with Crippen LogP contribution in [0, 0.1) is 11.3 Å². The summed E-state index contributed by atoms with van der Waals surface area (Å²) < 4.78 is 5.48. The number of hydrogen-bond donors (Lipinski definition) is 1. The van der Waals surface area contributed by atoms with Crippen molar-refractivity contribution in [3.63, 3.8) is 0 Å². The highest BCUT2D eigenvalue weighted by Crippen LogP contribution is 2.38. The van der Waals surface area contributed by atoms with Crippen LogP contribution >= 0.6 is 0 Å². The van der Waals surface area contributed by atoms with Crippen LogP contribution in [0.25, 0.3) is 0 Å². The number of amides is 1. The minimum absolute atomic E-state index is 0.00707. The quantitative estimate of drug-likeness (QED) is 0.924. The second kappa shape index (κ2) is 5.87. The van der Waals surface area contributed by atoms with E-state index in [-0.39, 0.29) is 11.8 Å². The van der Waals surface area contributed by atoms with Crippen LogP contribution in [0.15, 0.2) is 18.2 Å². The Balaban J connectivity index is 1.69. The highest BCUT2D eigenvalue weighted by Gasteiger charge is 2.48. The van der Waals surface area contributed by atoms with Gasteiger partial charge in [0, 0.05) is 19.5 Å². The van der Waals surface area contributed by atoms with Crippen molar-refractivity contribution >= 4 is 11.9 Å². The number of aliphatic carboxylic acids is 1. The average molecular weight is 317 g/mol. The molecule has 0 spiro atoms. The highest BCUT2D eigenvalue weighted by atomic mass is 16.5. The summed E-state index contributed by atoms with van der Waals surface area (Å²) in [4.78, 5) is 25.9. The number of hydrogen-bond acceptors (Lipinski definition) is 3. The number of carbonyl (C=O) groups is 2. The first-order valence-electron chi connectivity index (χ1n) is 8.18. The van der Waals surface area contributed by atoms with E-state index in [0.29, 0.717) is 32.5 Å². The minimum Gasteiger partial charge on any atom is -0.493 e. The monoisotopic (exact) mass is 317 g/mol. The van der Waals surface area contributed by atoms with Gasteiger partial charge in [-0.25, -0.2) is 0 Å². The van der Waals surface area contributed by atoms with Crippen LogP contribution in [0.5, 0.6) is 5.75 Å². The largest absolute Gasteiger partial charge is 0.493 e. The summed E-state index contributed by atoms with van der Waals surface area (Å²) >= 11 is 0. The van der Waals surface area contributed by atoms with Crippen LogP contribution < -0.4 is 4.74 Å². The topological polar surface area (TPSA) is 66.8 Å². The third kappa shape index (κ3) is 2.80. The molecule has 1 atom stereocenters. The van der Waals surface area contributed by atoms with Gasteiger partial charge in [-0.15, -0.1) is 0 Å². The van der Waals surface area contributed by atoms with E-state index in [2.05, 4.69) is 0 Å². The van der Waals surface area contributed by atoms with Gasteiger partial charge in [0.2, 0.25) is 5.91 Å². The van der Waals surface area contributed by atoms with Gasteiger partial charge in [-0.2, -0.15) is 0 Å². The fourth-order valence-electron chi connectivity index (χ4n) is 3.58. The highest BCUT2D eigenvalue weighted by molar-refractivity contribution is 5.82. The Kier molecular flexibility index (Phi) is 4.04. The van der Waals surface area contributed by atoms with Gasteiger partial charge in [0.25, 0.3) is 0 Å². The molecule has 3 rings (SSSR count). The van der Waals surface area contributed by atoms with Gasteiger partial charge in [-0.05, 0) is 29.5 Å². The molecular formula is C18H23NO4. The number of likely N-dealkylation sites (tertiary alicyclic amines) is 1. The molecule has 0 radical (unpaired) electrons.